The second-order valence-electron chi connectivity index (χ2n) is 2.53. The molecule has 4 N–H and O–H groups in total. The zero-order valence-corrected chi connectivity index (χ0v) is 5.75. The van der Waals surface area contributed by atoms with Gasteiger partial charge in [-0.2, -0.15) is 0 Å². The average Bonchev–Trinajstić information content (AvgIpc) is 2.34. The minimum Gasteiger partial charge on any atom is -0.376 e. The van der Waals surface area contributed by atoms with Crippen LogP contribution in [-0.2, 0) is 9.53 Å². The van der Waals surface area contributed by atoms with Crippen molar-refractivity contribution in [2.24, 2.45) is 17.4 Å². The summed E-state index contributed by atoms with van der Waals surface area (Å²) in [5.74, 6) is -0.399. The molecule has 0 spiro atoms. The summed E-state index contributed by atoms with van der Waals surface area (Å²) in [4.78, 5) is 10.6. The van der Waals surface area contributed by atoms with Gasteiger partial charge in [-0.3, -0.25) is 4.79 Å². The van der Waals surface area contributed by atoms with Gasteiger partial charge in [-0.1, -0.05) is 0 Å². The van der Waals surface area contributed by atoms with E-state index in [0.717, 1.165) is 0 Å². The monoisotopic (exact) mass is 144 g/mol. The van der Waals surface area contributed by atoms with E-state index in [2.05, 4.69) is 0 Å². The van der Waals surface area contributed by atoms with E-state index in [0.29, 0.717) is 19.6 Å². The Balaban J connectivity index is 2.35. The Morgan fingerprint density at radius 3 is 2.70 bits per heavy atom. The van der Waals surface area contributed by atoms with E-state index in [-0.39, 0.29) is 17.9 Å². The molecule has 1 fully saturated rings. The van der Waals surface area contributed by atoms with Gasteiger partial charge in [0.1, 0.15) is 0 Å². The summed E-state index contributed by atoms with van der Waals surface area (Å²) in [6, 6.07) is 0. The SMILES string of the molecule is NC[C@H]1C[C@H](C(N)=O)CO1. The second kappa shape index (κ2) is 2.98. The molecule has 0 aliphatic carbocycles. The van der Waals surface area contributed by atoms with Crippen LogP contribution in [0.5, 0.6) is 0 Å². The van der Waals surface area contributed by atoms with Crippen molar-refractivity contribution in [3.05, 3.63) is 0 Å². The van der Waals surface area contributed by atoms with E-state index in [9.17, 15) is 4.79 Å². The Bertz CT molecular complexity index is 138. The van der Waals surface area contributed by atoms with Crippen LogP contribution in [0.15, 0.2) is 0 Å². The summed E-state index contributed by atoms with van der Waals surface area (Å²) in [5, 5.41) is 0. The topological polar surface area (TPSA) is 78.3 Å². The lowest BCUT2D eigenvalue weighted by Gasteiger charge is -2.02. The first-order valence-electron chi connectivity index (χ1n) is 3.35. The first-order chi connectivity index (χ1) is 4.74. The van der Waals surface area contributed by atoms with E-state index in [1.165, 1.54) is 0 Å². The van der Waals surface area contributed by atoms with Gasteiger partial charge < -0.3 is 16.2 Å². The summed E-state index contributed by atoms with van der Waals surface area (Å²) in [6.07, 6.45) is 0.726. The van der Waals surface area contributed by atoms with Crippen molar-refractivity contribution in [1.82, 2.24) is 0 Å². The quantitative estimate of drug-likeness (QED) is 0.513. The molecule has 1 aliphatic heterocycles. The van der Waals surface area contributed by atoms with Crippen molar-refractivity contribution in [1.29, 1.82) is 0 Å². The maximum Gasteiger partial charge on any atom is 0.222 e. The molecule has 0 aromatic rings. The number of carbonyl (C=O) groups excluding carboxylic acids is 1. The van der Waals surface area contributed by atoms with Crippen molar-refractivity contribution < 1.29 is 9.53 Å². The molecule has 0 saturated carbocycles. The highest BCUT2D eigenvalue weighted by molar-refractivity contribution is 5.77. The van der Waals surface area contributed by atoms with Gasteiger partial charge in [0.25, 0.3) is 0 Å². The smallest absolute Gasteiger partial charge is 0.222 e. The standard InChI is InChI=1S/C6H12N2O2/c7-2-5-1-4(3-10-5)6(8)9/h4-5H,1-3,7H2,(H2,8,9)/t4-,5+/m0/s1. The predicted molar refractivity (Wildman–Crippen MR) is 36.1 cm³/mol. The first kappa shape index (κ1) is 7.50. The van der Waals surface area contributed by atoms with Gasteiger partial charge in [0.15, 0.2) is 0 Å². The number of hydrogen-bond donors (Lipinski definition) is 2. The van der Waals surface area contributed by atoms with Gasteiger partial charge in [-0.15, -0.1) is 0 Å². The Kier molecular flexibility index (Phi) is 2.24. The van der Waals surface area contributed by atoms with Gasteiger partial charge in [0.2, 0.25) is 5.91 Å². The van der Waals surface area contributed by atoms with Crippen molar-refractivity contribution in [2.75, 3.05) is 13.2 Å². The molecule has 10 heavy (non-hydrogen) atoms. The van der Waals surface area contributed by atoms with E-state index in [4.69, 9.17) is 16.2 Å². The maximum atomic E-state index is 10.6. The lowest BCUT2D eigenvalue weighted by atomic mass is 10.1. The average molecular weight is 144 g/mol. The van der Waals surface area contributed by atoms with Gasteiger partial charge in [-0.05, 0) is 6.42 Å². The summed E-state index contributed by atoms with van der Waals surface area (Å²) in [5.41, 5.74) is 10.4. The van der Waals surface area contributed by atoms with Gasteiger partial charge in [0.05, 0.1) is 18.6 Å². The van der Waals surface area contributed by atoms with E-state index < -0.39 is 0 Å². The van der Waals surface area contributed by atoms with Gasteiger partial charge in [-0.25, -0.2) is 0 Å². The third-order valence-electron chi connectivity index (χ3n) is 1.75. The normalized spacial score (nSPS) is 32.5. The highest BCUT2D eigenvalue weighted by atomic mass is 16.5. The highest BCUT2D eigenvalue weighted by Crippen LogP contribution is 2.17. The number of rotatable bonds is 2. The molecule has 0 aromatic carbocycles. The Hall–Kier alpha value is -0.610. The van der Waals surface area contributed by atoms with Crippen LogP contribution in [-0.4, -0.2) is 25.2 Å². The Morgan fingerprint density at radius 1 is 1.70 bits per heavy atom. The Labute approximate surface area is 59.5 Å². The third-order valence-corrected chi connectivity index (χ3v) is 1.75. The number of ether oxygens (including phenoxy) is 1. The fourth-order valence-corrected chi connectivity index (χ4v) is 1.07. The number of nitrogens with two attached hydrogens (primary N) is 2. The summed E-state index contributed by atoms with van der Waals surface area (Å²) >= 11 is 0. The van der Waals surface area contributed by atoms with Crippen LogP contribution in [0.4, 0.5) is 0 Å². The van der Waals surface area contributed by atoms with E-state index in [1.807, 2.05) is 0 Å². The van der Waals surface area contributed by atoms with E-state index in [1.54, 1.807) is 0 Å². The second-order valence-corrected chi connectivity index (χ2v) is 2.53. The van der Waals surface area contributed by atoms with E-state index >= 15 is 0 Å². The zero-order valence-electron chi connectivity index (χ0n) is 5.75. The number of primary amides is 1. The van der Waals surface area contributed by atoms with Crippen LogP contribution in [0, 0.1) is 5.92 Å². The van der Waals surface area contributed by atoms with Crippen molar-refractivity contribution in [3.8, 4) is 0 Å². The fourth-order valence-electron chi connectivity index (χ4n) is 1.07. The van der Waals surface area contributed by atoms with Crippen LogP contribution in [0.25, 0.3) is 0 Å². The van der Waals surface area contributed by atoms with Gasteiger partial charge in [0, 0.05) is 6.54 Å². The van der Waals surface area contributed by atoms with Crippen LogP contribution in [0.1, 0.15) is 6.42 Å². The first-order valence-corrected chi connectivity index (χ1v) is 3.35. The number of carbonyl (C=O) groups is 1. The van der Waals surface area contributed by atoms with Crippen LogP contribution in [0.2, 0.25) is 0 Å². The zero-order chi connectivity index (χ0) is 7.56. The highest BCUT2D eigenvalue weighted by Gasteiger charge is 2.27. The van der Waals surface area contributed by atoms with Crippen molar-refractivity contribution in [3.63, 3.8) is 0 Å². The van der Waals surface area contributed by atoms with Crippen molar-refractivity contribution >= 4 is 5.91 Å². The molecular weight excluding hydrogens is 132 g/mol. The predicted octanol–water partition coefficient (Wildman–Crippen LogP) is -1.16. The molecule has 4 heteroatoms. The van der Waals surface area contributed by atoms with Crippen LogP contribution < -0.4 is 11.5 Å². The molecular formula is C6H12N2O2. The lowest BCUT2D eigenvalue weighted by molar-refractivity contribution is -0.121. The molecule has 1 heterocycles. The lowest BCUT2D eigenvalue weighted by Crippen LogP contribution is -2.24. The molecule has 4 nitrogen and oxygen atoms in total. The molecule has 0 radical (unpaired) electrons. The Morgan fingerprint density at radius 2 is 2.40 bits per heavy atom. The molecule has 2 atom stereocenters. The summed E-state index contributed by atoms with van der Waals surface area (Å²) < 4.78 is 5.15. The summed E-state index contributed by atoms with van der Waals surface area (Å²) in [6.45, 7) is 0.918. The minimum absolute atomic E-state index is 0.0394. The largest absolute Gasteiger partial charge is 0.376 e. The van der Waals surface area contributed by atoms with Crippen LogP contribution >= 0.6 is 0 Å². The molecule has 0 aromatic heterocycles. The van der Waals surface area contributed by atoms with Crippen LogP contribution in [0.3, 0.4) is 0 Å². The van der Waals surface area contributed by atoms with Gasteiger partial charge >= 0.3 is 0 Å². The molecule has 1 amide bonds. The molecule has 1 rings (SSSR count). The fraction of sp³-hybridized carbons (Fsp3) is 0.833. The number of amides is 1. The minimum atomic E-state index is -0.282. The maximum absolute atomic E-state index is 10.6. The molecule has 58 valence electrons. The molecule has 1 aliphatic rings. The van der Waals surface area contributed by atoms with Crippen molar-refractivity contribution in [2.45, 2.75) is 12.5 Å². The molecule has 1 saturated heterocycles. The number of hydrogen-bond acceptors (Lipinski definition) is 3. The third kappa shape index (κ3) is 1.46. The molecule has 0 unspecified atom stereocenters. The summed E-state index contributed by atoms with van der Waals surface area (Å²) in [7, 11) is 0. The molecule has 0 bridgehead atoms.